The highest BCUT2D eigenvalue weighted by molar-refractivity contribution is 8.32. The number of hydrogen-bond acceptors (Lipinski definition) is 7. The Morgan fingerprint density at radius 1 is 1.11 bits per heavy atom. The first-order valence-corrected chi connectivity index (χ1v) is 14.9. The van der Waals surface area contributed by atoms with Crippen LogP contribution in [0.5, 0.6) is 5.75 Å². The van der Waals surface area contributed by atoms with Crippen LogP contribution in [0.1, 0.15) is 22.5 Å². The van der Waals surface area contributed by atoms with Crippen LogP contribution in [0.4, 0.5) is 16.0 Å². The lowest BCUT2D eigenvalue weighted by molar-refractivity contribution is 0.0234. The molecule has 2 aliphatic heterocycles. The summed E-state index contributed by atoms with van der Waals surface area (Å²) in [7, 11) is -0.586. The molecule has 1 atom stereocenters. The fraction of sp³-hybridized carbons (Fsp3) is 0.440. The molecule has 1 amide bonds. The monoisotopic (exact) mass is 514 g/mol. The minimum Gasteiger partial charge on any atom is -0.466 e. The highest BCUT2D eigenvalue weighted by atomic mass is 32.3. The molecular formula is C25H31FN6O3S. The highest BCUT2D eigenvalue weighted by Crippen LogP contribution is 2.33. The molecule has 36 heavy (non-hydrogen) atoms. The van der Waals surface area contributed by atoms with Crippen molar-refractivity contribution >= 4 is 27.6 Å². The van der Waals surface area contributed by atoms with Crippen molar-refractivity contribution in [1.82, 2.24) is 19.7 Å². The molecule has 0 aromatic carbocycles. The molecule has 9 nitrogen and oxygen atoms in total. The van der Waals surface area contributed by atoms with Crippen LogP contribution in [0.2, 0.25) is 0 Å². The van der Waals surface area contributed by atoms with Gasteiger partial charge in [-0.15, -0.1) is 0 Å². The number of hydrogen-bond donors (Lipinski definition) is 0. The zero-order valence-electron chi connectivity index (χ0n) is 20.8. The topological polar surface area (TPSA) is 85.6 Å². The van der Waals surface area contributed by atoms with Crippen molar-refractivity contribution in [3.05, 3.63) is 54.1 Å². The van der Waals surface area contributed by atoms with Gasteiger partial charge >= 0.3 is 0 Å². The number of carbonyl (C=O) groups is 1. The van der Waals surface area contributed by atoms with Crippen molar-refractivity contribution in [2.24, 2.45) is 0 Å². The summed E-state index contributed by atoms with van der Waals surface area (Å²) in [5.41, 5.74) is 1.96. The smallest absolute Gasteiger partial charge is 0.263 e. The zero-order valence-corrected chi connectivity index (χ0v) is 21.6. The van der Waals surface area contributed by atoms with Crippen molar-refractivity contribution in [2.45, 2.75) is 19.1 Å². The number of pyridine rings is 2. The van der Waals surface area contributed by atoms with Gasteiger partial charge in [-0.05, 0) is 49.5 Å². The molecule has 0 N–H and O–H groups in total. The van der Waals surface area contributed by atoms with E-state index in [0.29, 0.717) is 55.5 Å². The van der Waals surface area contributed by atoms with Crippen LogP contribution < -0.4 is 14.5 Å². The van der Waals surface area contributed by atoms with Crippen LogP contribution in [0.25, 0.3) is 5.69 Å². The molecule has 0 spiro atoms. The van der Waals surface area contributed by atoms with Crippen LogP contribution in [0.15, 0.2) is 42.9 Å². The van der Waals surface area contributed by atoms with E-state index in [4.69, 9.17) is 9.47 Å². The SMILES string of the molecule is CS(C)(C)CCOCOc1ccc(N2Cc3nn(-c4ccc(N5CC[C@@H](F)C5)nc4)cc3C2=O)nc1. The lowest BCUT2D eigenvalue weighted by Crippen LogP contribution is -2.24. The van der Waals surface area contributed by atoms with Crippen molar-refractivity contribution in [3.8, 4) is 11.4 Å². The summed E-state index contributed by atoms with van der Waals surface area (Å²) in [6, 6.07) is 7.28. The van der Waals surface area contributed by atoms with Gasteiger partial charge in [0.15, 0.2) is 6.79 Å². The van der Waals surface area contributed by atoms with Crippen molar-refractivity contribution in [3.63, 3.8) is 0 Å². The quantitative estimate of drug-likeness (QED) is 0.320. The predicted octanol–water partition coefficient (Wildman–Crippen LogP) is 3.42. The van der Waals surface area contributed by atoms with Gasteiger partial charge in [-0.25, -0.2) is 29.1 Å². The summed E-state index contributed by atoms with van der Waals surface area (Å²) >= 11 is 0. The van der Waals surface area contributed by atoms with Gasteiger partial charge in [0.05, 0.1) is 49.0 Å². The lowest BCUT2D eigenvalue weighted by Gasteiger charge is -2.24. The molecule has 11 heteroatoms. The number of halogens is 1. The Kier molecular flexibility index (Phi) is 6.85. The predicted molar refractivity (Wildman–Crippen MR) is 140 cm³/mol. The summed E-state index contributed by atoms with van der Waals surface area (Å²) in [6.45, 7) is 2.22. The third kappa shape index (κ3) is 5.46. The molecule has 2 aliphatic rings. The Bertz CT molecular complexity index is 1210. The Balaban J connectivity index is 1.17. The zero-order chi connectivity index (χ0) is 25.3. The van der Waals surface area contributed by atoms with Gasteiger partial charge in [0, 0.05) is 18.5 Å². The minimum absolute atomic E-state index is 0.152. The van der Waals surface area contributed by atoms with Gasteiger partial charge in [0.25, 0.3) is 5.91 Å². The standard InChI is InChI=1S/C25H31FN6O3S/c1-36(2,3)11-10-34-17-35-20-5-7-24(28-13-20)31-16-22-21(25(31)33)15-32(29-22)19-4-6-23(27-12-19)30-9-8-18(26)14-30/h4-7,12-13,15,18H,8-11,14,16-17H2,1-3H3/t18-/m1/s1. The van der Waals surface area contributed by atoms with Crippen LogP contribution in [-0.2, 0) is 11.3 Å². The van der Waals surface area contributed by atoms with Crippen LogP contribution in [0.3, 0.4) is 0 Å². The van der Waals surface area contributed by atoms with Crippen LogP contribution in [0, 0.1) is 0 Å². The molecule has 5 heterocycles. The number of anilines is 2. The number of rotatable bonds is 9. The Morgan fingerprint density at radius 3 is 2.56 bits per heavy atom. The number of nitrogens with zero attached hydrogens (tertiary/aromatic N) is 6. The van der Waals surface area contributed by atoms with Crippen molar-refractivity contribution < 1.29 is 18.7 Å². The number of alkyl halides is 1. The maximum Gasteiger partial charge on any atom is 0.263 e. The second-order valence-electron chi connectivity index (χ2n) is 9.85. The molecule has 1 fully saturated rings. The van der Waals surface area contributed by atoms with E-state index >= 15 is 0 Å². The molecule has 1 saturated heterocycles. The first-order valence-electron chi connectivity index (χ1n) is 11.9. The lowest BCUT2D eigenvalue weighted by atomic mass is 10.3. The maximum absolute atomic E-state index is 13.5. The summed E-state index contributed by atoms with van der Waals surface area (Å²) in [5.74, 6) is 2.75. The minimum atomic E-state index is -0.800. The Morgan fingerprint density at radius 2 is 1.92 bits per heavy atom. The number of ether oxygens (including phenoxy) is 2. The average Bonchev–Trinajstić information content (AvgIpc) is 3.55. The largest absolute Gasteiger partial charge is 0.466 e. The fourth-order valence-corrected chi connectivity index (χ4v) is 4.73. The second-order valence-corrected chi connectivity index (χ2v) is 14.4. The van der Waals surface area contributed by atoms with E-state index in [1.165, 1.54) is 0 Å². The maximum atomic E-state index is 13.5. The van der Waals surface area contributed by atoms with E-state index in [0.717, 1.165) is 17.3 Å². The summed E-state index contributed by atoms with van der Waals surface area (Å²) in [4.78, 5) is 25.4. The van der Waals surface area contributed by atoms with Gasteiger partial charge in [-0.2, -0.15) is 5.10 Å². The summed E-state index contributed by atoms with van der Waals surface area (Å²) in [5, 5.41) is 4.59. The Labute approximate surface area is 211 Å². The second kappa shape index (κ2) is 10.1. The number of fused-ring (bicyclic) bond motifs is 1. The van der Waals surface area contributed by atoms with Crippen LogP contribution in [-0.4, -0.2) is 82.8 Å². The number of aromatic nitrogens is 4. The molecule has 3 aromatic heterocycles. The van der Waals surface area contributed by atoms with Crippen molar-refractivity contribution in [1.29, 1.82) is 0 Å². The first-order chi connectivity index (χ1) is 17.3. The molecule has 0 radical (unpaired) electrons. The molecule has 192 valence electrons. The summed E-state index contributed by atoms with van der Waals surface area (Å²) < 4.78 is 26.3. The number of carbonyl (C=O) groups excluding carboxylic acids is 1. The van der Waals surface area contributed by atoms with Gasteiger partial charge in [0.1, 0.15) is 23.6 Å². The molecular weight excluding hydrogens is 483 g/mol. The molecule has 3 aromatic rings. The van der Waals surface area contributed by atoms with Gasteiger partial charge in [-0.3, -0.25) is 9.69 Å². The third-order valence-electron chi connectivity index (χ3n) is 6.17. The average molecular weight is 515 g/mol. The molecule has 5 rings (SSSR count). The number of amides is 1. The molecule has 0 bridgehead atoms. The van der Waals surface area contributed by atoms with Crippen LogP contribution >= 0.6 is 10.0 Å². The van der Waals surface area contributed by atoms with Gasteiger partial charge in [-0.1, -0.05) is 0 Å². The van der Waals surface area contributed by atoms with E-state index in [9.17, 15) is 9.18 Å². The van der Waals surface area contributed by atoms with E-state index in [2.05, 4.69) is 33.8 Å². The van der Waals surface area contributed by atoms with Gasteiger partial charge in [0.2, 0.25) is 0 Å². The van der Waals surface area contributed by atoms with Crippen molar-refractivity contribution in [2.75, 3.05) is 60.8 Å². The fourth-order valence-electron chi connectivity index (χ4n) is 4.11. The van der Waals surface area contributed by atoms with E-state index in [1.807, 2.05) is 17.0 Å². The molecule has 0 saturated carbocycles. The normalized spacial score (nSPS) is 18.1. The highest BCUT2D eigenvalue weighted by Gasteiger charge is 2.33. The van der Waals surface area contributed by atoms with E-state index in [-0.39, 0.29) is 12.7 Å². The first kappa shape index (κ1) is 24.5. The molecule has 0 unspecified atom stereocenters. The van der Waals surface area contributed by atoms with Gasteiger partial charge < -0.3 is 14.4 Å². The Hall–Kier alpha value is -3.18. The third-order valence-corrected chi connectivity index (χ3v) is 7.56. The molecule has 0 aliphatic carbocycles. The van der Waals surface area contributed by atoms with E-state index in [1.54, 1.807) is 40.3 Å². The van der Waals surface area contributed by atoms with E-state index < -0.39 is 16.2 Å². The summed E-state index contributed by atoms with van der Waals surface area (Å²) in [6.07, 6.45) is 11.5.